The molecule has 0 amide bonds. The second-order valence-electron chi connectivity index (χ2n) is 6.43. The van der Waals surface area contributed by atoms with E-state index in [2.05, 4.69) is 41.7 Å². The maximum absolute atomic E-state index is 11.2. The van der Waals surface area contributed by atoms with E-state index >= 15 is 0 Å². The molecule has 0 radical (unpaired) electrons. The van der Waals surface area contributed by atoms with Crippen molar-refractivity contribution < 1.29 is 8.42 Å². The molecule has 0 heterocycles. The van der Waals surface area contributed by atoms with Crippen molar-refractivity contribution in [2.24, 2.45) is 0 Å². The Labute approximate surface area is 138 Å². The van der Waals surface area contributed by atoms with Crippen LogP contribution in [0.5, 0.6) is 0 Å². The van der Waals surface area contributed by atoms with Crippen molar-refractivity contribution >= 4 is 15.5 Å². The van der Waals surface area contributed by atoms with Crippen LogP contribution in [-0.4, -0.2) is 26.5 Å². The molecule has 3 rings (SSSR count). The number of rotatable bonds is 5. The van der Waals surface area contributed by atoms with Crippen molar-refractivity contribution in [3.63, 3.8) is 0 Å². The number of anilines is 1. The fraction of sp³-hybridized carbons (Fsp3) is 0.368. The average Bonchev–Trinajstić information content (AvgIpc) is 2.53. The molecule has 1 atom stereocenters. The Morgan fingerprint density at radius 3 is 2.43 bits per heavy atom. The molecule has 1 N–H and O–H groups in total. The smallest absolute Gasteiger partial charge is 0.147 e. The highest BCUT2D eigenvalue weighted by molar-refractivity contribution is 7.90. The Morgan fingerprint density at radius 1 is 1.04 bits per heavy atom. The zero-order valence-electron chi connectivity index (χ0n) is 13.5. The molecule has 2 aromatic rings. The Balaban J connectivity index is 1.59. The summed E-state index contributed by atoms with van der Waals surface area (Å²) in [5.74, 6) is 0.208. The van der Waals surface area contributed by atoms with Crippen LogP contribution in [0, 0.1) is 0 Å². The molecule has 1 aliphatic rings. The third-order valence-corrected chi connectivity index (χ3v) is 5.38. The van der Waals surface area contributed by atoms with Crippen molar-refractivity contribution in [2.75, 3.05) is 17.3 Å². The number of benzene rings is 2. The summed E-state index contributed by atoms with van der Waals surface area (Å²) in [6.07, 6.45) is 5.19. The van der Waals surface area contributed by atoms with Crippen LogP contribution in [0.3, 0.4) is 0 Å². The van der Waals surface area contributed by atoms with Crippen LogP contribution in [0.25, 0.3) is 0 Å². The summed E-state index contributed by atoms with van der Waals surface area (Å²) >= 11 is 0. The van der Waals surface area contributed by atoms with E-state index < -0.39 is 9.84 Å². The van der Waals surface area contributed by atoms with E-state index in [1.54, 1.807) is 0 Å². The molecule has 0 aliphatic heterocycles. The van der Waals surface area contributed by atoms with E-state index in [4.69, 9.17) is 0 Å². The SMILES string of the molecule is CS(=O)(=O)CCc1ccc(N[C@@H]2CCc3ccccc3C2)cc1. The van der Waals surface area contributed by atoms with Crippen LogP contribution >= 0.6 is 0 Å². The van der Waals surface area contributed by atoms with Crippen LogP contribution in [0.4, 0.5) is 5.69 Å². The lowest BCUT2D eigenvalue weighted by atomic mass is 9.88. The molecule has 1 aliphatic carbocycles. The van der Waals surface area contributed by atoms with Gasteiger partial charge in [0.2, 0.25) is 0 Å². The molecule has 122 valence electrons. The highest BCUT2D eigenvalue weighted by atomic mass is 32.2. The monoisotopic (exact) mass is 329 g/mol. The topological polar surface area (TPSA) is 46.2 Å². The summed E-state index contributed by atoms with van der Waals surface area (Å²) in [4.78, 5) is 0. The number of sulfone groups is 1. The van der Waals surface area contributed by atoms with E-state index in [-0.39, 0.29) is 5.75 Å². The molecular weight excluding hydrogens is 306 g/mol. The summed E-state index contributed by atoms with van der Waals surface area (Å²) in [7, 11) is -2.90. The first kappa shape index (κ1) is 16.1. The molecule has 0 aromatic heterocycles. The van der Waals surface area contributed by atoms with Gasteiger partial charge < -0.3 is 5.32 Å². The van der Waals surface area contributed by atoms with Gasteiger partial charge in [-0.2, -0.15) is 0 Å². The standard InChI is InChI=1S/C19H23NO2S/c1-23(21,22)13-12-15-6-9-18(10-7-15)20-19-11-8-16-4-2-3-5-17(16)14-19/h2-7,9-10,19-20H,8,11-14H2,1H3/t19-/m1/s1. The lowest BCUT2D eigenvalue weighted by molar-refractivity contribution is 0.601. The number of aryl methyl sites for hydroxylation is 2. The van der Waals surface area contributed by atoms with Gasteiger partial charge in [0.25, 0.3) is 0 Å². The quantitative estimate of drug-likeness (QED) is 0.916. The van der Waals surface area contributed by atoms with Gasteiger partial charge in [0, 0.05) is 18.0 Å². The minimum Gasteiger partial charge on any atom is -0.382 e. The average molecular weight is 329 g/mol. The summed E-state index contributed by atoms with van der Waals surface area (Å²) in [6, 6.07) is 17.3. The Hall–Kier alpha value is -1.81. The van der Waals surface area contributed by atoms with Gasteiger partial charge in [0.1, 0.15) is 9.84 Å². The lowest BCUT2D eigenvalue weighted by Crippen LogP contribution is -2.27. The van der Waals surface area contributed by atoms with Crippen LogP contribution in [0.15, 0.2) is 48.5 Å². The Morgan fingerprint density at radius 2 is 1.74 bits per heavy atom. The number of hydrogen-bond acceptors (Lipinski definition) is 3. The third kappa shape index (κ3) is 4.58. The van der Waals surface area contributed by atoms with Crippen molar-refractivity contribution in [3.8, 4) is 0 Å². The van der Waals surface area contributed by atoms with Gasteiger partial charge in [-0.25, -0.2) is 8.42 Å². The van der Waals surface area contributed by atoms with Crippen LogP contribution in [0.1, 0.15) is 23.1 Å². The fourth-order valence-electron chi connectivity index (χ4n) is 3.13. The summed E-state index contributed by atoms with van der Waals surface area (Å²) < 4.78 is 22.4. The minimum absolute atomic E-state index is 0.208. The van der Waals surface area contributed by atoms with Gasteiger partial charge in [-0.1, -0.05) is 36.4 Å². The van der Waals surface area contributed by atoms with Crippen molar-refractivity contribution in [1.82, 2.24) is 0 Å². The van der Waals surface area contributed by atoms with Gasteiger partial charge in [0.05, 0.1) is 5.75 Å². The third-order valence-electron chi connectivity index (χ3n) is 4.43. The van der Waals surface area contributed by atoms with Gasteiger partial charge >= 0.3 is 0 Å². The van der Waals surface area contributed by atoms with E-state index in [9.17, 15) is 8.42 Å². The zero-order valence-corrected chi connectivity index (χ0v) is 14.3. The lowest BCUT2D eigenvalue weighted by Gasteiger charge is -2.26. The summed E-state index contributed by atoms with van der Waals surface area (Å²) in [6.45, 7) is 0. The van der Waals surface area contributed by atoms with Gasteiger partial charge in [-0.05, 0) is 54.5 Å². The van der Waals surface area contributed by atoms with Crippen molar-refractivity contribution in [2.45, 2.75) is 31.7 Å². The Kier molecular flexibility index (Phi) is 4.71. The predicted molar refractivity (Wildman–Crippen MR) is 95.7 cm³/mol. The second-order valence-corrected chi connectivity index (χ2v) is 8.69. The molecule has 0 unspecified atom stereocenters. The molecule has 0 saturated carbocycles. The van der Waals surface area contributed by atoms with Crippen molar-refractivity contribution in [1.29, 1.82) is 0 Å². The highest BCUT2D eigenvalue weighted by Crippen LogP contribution is 2.23. The molecule has 0 saturated heterocycles. The molecule has 23 heavy (non-hydrogen) atoms. The molecule has 2 aromatic carbocycles. The minimum atomic E-state index is -2.90. The van der Waals surface area contributed by atoms with E-state index in [1.807, 2.05) is 12.1 Å². The molecule has 0 bridgehead atoms. The predicted octanol–water partition coefficient (Wildman–Crippen LogP) is 3.24. The summed E-state index contributed by atoms with van der Waals surface area (Å²) in [5.41, 5.74) is 5.09. The normalized spacial score (nSPS) is 17.5. The fourth-order valence-corrected chi connectivity index (χ4v) is 3.73. The first-order valence-electron chi connectivity index (χ1n) is 8.09. The van der Waals surface area contributed by atoms with Gasteiger partial charge in [-0.15, -0.1) is 0 Å². The van der Waals surface area contributed by atoms with E-state index in [1.165, 1.54) is 17.4 Å². The summed E-state index contributed by atoms with van der Waals surface area (Å²) in [5, 5.41) is 3.60. The molecule has 0 fully saturated rings. The second kappa shape index (κ2) is 6.75. The first-order valence-corrected chi connectivity index (χ1v) is 10.2. The molecular formula is C19H23NO2S. The van der Waals surface area contributed by atoms with Crippen LogP contribution < -0.4 is 5.32 Å². The number of nitrogens with one attached hydrogen (secondary N) is 1. The number of fused-ring (bicyclic) bond motifs is 1. The largest absolute Gasteiger partial charge is 0.382 e. The maximum atomic E-state index is 11.2. The van der Waals surface area contributed by atoms with E-state index in [0.717, 1.165) is 30.5 Å². The zero-order chi connectivity index (χ0) is 16.3. The Bertz CT molecular complexity index is 766. The van der Waals surface area contributed by atoms with Gasteiger partial charge in [-0.3, -0.25) is 0 Å². The van der Waals surface area contributed by atoms with E-state index in [0.29, 0.717) is 12.5 Å². The molecule has 4 heteroatoms. The van der Waals surface area contributed by atoms with Gasteiger partial charge in [0.15, 0.2) is 0 Å². The first-order chi connectivity index (χ1) is 11.0. The molecule has 3 nitrogen and oxygen atoms in total. The highest BCUT2D eigenvalue weighted by Gasteiger charge is 2.17. The van der Waals surface area contributed by atoms with Crippen molar-refractivity contribution in [3.05, 3.63) is 65.2 Å². The van der Waals surface area contributed by atoms with Crippen LogP contribution in [0.2, 0.25) is 0 Å². The molecule has 0 spiro atoms. The van der Waals surface area contributed by atoms with Crippen LogP contribution in [-0.2, 0) is 29.1 Å². The maximum Gasteiger partial charge on any atom is 0.147 e. The number of hydrogen-bond donors (Lipinski definition) is 1.